The maximum Gasteiger partial charge on any atom is 0.411 e. The highest BCUT2D eigenvalue weighted by atomic mass is 19.4. The molecule has 0 aliphatic carbocycles. The van der Waals surface area contributed by atoms with Crippen LogP contribution in [0.2, 0.25) is 0 Å². The number of ether oxygens (including phenoxy) is 1. The van der Waals surface area contributed by atoms with Gasteiger partial charge in [-0.3, -0.25) is 4.79 Å². The summed E-state index contributed by atoms with van der Waals surface area (Å²) in [6.07, 6.45) is -3.88. The van der Waals surface area contributed by atoms with Gasteiger partial charge in [-0.25, -0.2) is 0 Å². The Kier molecular flexibility index (Phi) is 5.01. The van der Waals surface area contributed by atoms with E-state index in [4.69, 9.17) is 0 Å². The summed E-state index contributed by atoms with van der Waals surface area (Å²) in [6.45, 7) is 0.397. The molecule has 0 spiro atoms. The monoisotopic (exact) mass is 240 g/mol. The third-order valence-electron chi connectivity index (χ3n) is 2.17. The van der Waals surface area contributed by atoms with Gasteiger partial charge in [-0.2, -0.15) is 13.2 Å². The number of carbonyl (C=O) groups excluding carboxylic acids is 1. The minimum atomic E-state index is -4.30. The van der Waals surface area contributed by atoms with Crippen molar-refractivity contribution in [1.82, 2.24) is 10.6 Å². The van der Waals surface area contributed by atoms with E-state index < -0.39 is 12.8 Å². The van der Waals surface area contributed by atoms with Crippen LogP contribution < -0.4 is 10.6 Å². The van der Waals surface area contributed by atoms with Crippen LogP contribution in [0.25, 0.3) is 0 Å². The molecule has 0 aromatic rings. The third-order valence-corrected chi connectivity index (χ3v) is 2.17. The van der Waals surface area contributed by atoms with Gasteiger partial charge in [0.2, 0.25) is 5.91 Å². The fraction of sp³-hybridized carbons (Fsp3) is 0.889. The number of nitrogens with one attached hydrogen (secondary N) is 2. The Balaban J connectivity index is 1.92. The molecule has 2 N–H and O–H groups in total. The van der Waals surface area contributed by atoms with Gasteiger partial charge in [-0.1, -0.05) is 0 Å². The molecule has 1 amide bonds. The van der Waals surface area contributed by atoms with Crippen molar-refractivity contribution < 1.29 is 22.7 Å². The van der Waals surface area contributed by atoms with Crippen molar-refractivity contribution in [1.29, 1.82) is 0 Å². The van der Waals surface area contributed by atoms with Gasteiger partial charge in [0.25, 0.3) is 0 Å². The van der Waals surface area contributed by atoms with Crippen molar-refractivity contribution in [2.45, 2.75) is 12.6 Å². The summed E-state index contributed by atoms with van der Waals surface area (Å²) in [5.41, 5.74) is 0. The summed E-state index contributed by atoms with van der Waals surface area (Å²) in [5.74, 6) is 0.221. The SMILES string of the molecule is O=C(CC1CNC1)NCCOCC(F)(F)F. The quantitative estimate of drug-likeness (QED) is 0.656. The van der Waals surface area contributed by atoms with Gasteiger partial charge in [0, 0.05) is 13.0 Å². The largest absolute Gasteiger partial charge is 0.411 e. The fourth-order valence-corrected chi connectivity index (χ4v) is 1.28. The molecule has 7 heteroatoms. The maximum atomic E-state index is 11.6. The molecule has 16 heavy (non-hydrogen) atoms. The molecule has 0 aromatic heterocycles. The van der Waals surface area contributed by atoms with E-state index in [9.17, 15) is 18.0 Å². The van der Waals surface area contributed by atoms with E-state index >= 15 is 0 Å². The summed E-state index contributed by atoms with van der Waals surface area (Å²) < 4.78 is 39.3. The lowest BCUT2D eigenvalue weighted by Crippen LogP contribution is -2.44. The van der Waals surface area contributed by atoms with E-state index in [-0.39, 0.29) is 19.1 Å². The second-order valence-corrected chi connectivity index (χ2v) is 3.75. The van der Waals surface area contributed by atoms with E-state index in [0.717, 1.165) is 13.1 Å². The van der Waals surface area contributed by atoms with Gasteiger partial charge in [0.1, 0.15) is 6.61 Å². The topological polar surface area (TPSA) is 50.4 Å². The predicted octanol–water partition coefficient (Wildman–Crippen LogP) is 0.291. The van der Waals surface area contributed by atoms with Crippen LogP contribution in [-0.4, -0.2) is 44.9 Å². The number of rotatable bonds is 6. The molecular formula is C9H15F3N2O2. The third kappa shape index (κ3) is 5.92. The summed E-state index contributed by atoms with van der Waals surface area (Å²) in [4.78, 5) is 11.2. The van der Waals surface area contributed by atoms with Crippen LogP contribution in [0.15, 0.2) is 0 Å². The zero-order chi connectivity index (χ0) is 12.0. The number of hydrogen-bond acceptors (Lipinski definition) is 3. The second kappa shape index (κ2) is 6.05. The van der Waals surface area contributed by atoms with Gasteiger partial charge in [0.05, 0.1) is 6.61 Å². The average Bonchev–Trinajstić information content (AvgIpc) is 2.09. The van der Waals surface area contributed by atoms with Gasteiger partial charge < -0.3 is 15.4 Å². The van der Waals surface area contributed by atoms with Crippen LogP contribution in [0.3, 0.4) is 0 Å². The van der Waals surface area contributed by atoms with Gasteiger partial charge in [-0.05, 0) is 19.0 Å². The predicted molar refractivity (Wildman–Crippen MR) is 50.9 cm³/mol. The van der Waals surface area contributed by atoms with E-state index in [1.807, 2.05) is 0 Å². The Morgan fingerprint density at radius 1 is 1.44 bits per heavy atom. The highest BCUT2D eigenvalue weighted by Gasteiger charge is 2.27. The van der Waals surface area contributed by atoms with Crippen molar-refractivity contribution in [3.63, 3.8) is 0 Å². The molecule has 1 rings (SSSR count). The Labute approximate surface area is 91.5 Å². The number of hydrogen-bond donors (Lipinski definition) is 2. The molecule has 0 saturated carbocycles. The first kappa shape index (κ1) is 13.2. The number of carbonyl (C=O) groups is 1. The number of amides is 1. The molecule has 1 fully saturated rings. The smallest absolute Gasteiger partial charge is 0.370 e. The van der Waals surface area contributed by atoms with Crippen molar-refractivity contribution in [3.05, 3.63) is 0 Å². The first-order chi connectivity index (χ1) is 7.47. The van der Waals surface area contributed by atoms with Crippen LogP contribution in [0.5, 0.6) is 0 Å². The first-order valence-corrected chi connectivity index (χ1v) is 5.09. The zero-order valence-electron chi connectivity index (χ0n) is 8.77. The molecular weight excluding hydrogens is 225 g/mol. The highest BCUT2D eigenvalue weighted by Crippen LogP contribution is 2.14. The number of halogens is 3. The molecule has 94 valence electrons. The van der Waals surface area contributed by atoms with E-state index in [1.54, 1.807) is 0 Å². The lowest BCUT2D eigenvalue weighted by atomic mass is 9.99. The summed E-state index contributed by atoms with van der Waals surface area (Å²) >= 11 is 0. The van der Waals surface area contributed by atoms with Crippen molar-refractivity contribution >= 4 is 5.91 Å². The Morgan fingerprint density at radius 2 is 2.12 bits per heavy atom. The van der Waals surface area contributed by atoms with E-state index in [1.165, 1.54) is 0 Å². The molecule has 0 atom stereocenters. The number of alkyl halides is 3. The Bertz CT molecular complexity index is 229. The van der Waals surface area contributed by atoms with Crippen LogP contribution in [0.4, 0.5) is 13.2 Å². The molecule has 0 unspecified atom stereocenters. The van der Waals surface area contributed by atoms with Crippen LogP contribution in [-0.2, 0) is 9.53 Å². The molecule has 0 bridgehead atoms. The van der Waals surface area contributed by atoms with Gasteiger partial charge >= 0.3 is 6.18 Å². The average molecular weight is 240 g/mol. The minimum absolute atomic E-state index is 0.117. The van der Waals surface area contributed by atoms with Crippen LogP contribution in [0.1, 0.15) is 6.42 Å². The second-order valence-electron chi connectivity index (χ2n) is 3.75. The molecule has 1 aliphatic heterocycles. The highest BCUT2D eigenvalue weighted by molar-refractivity contribution is 5.76. The fourth-order valence-electron chi connectivity index (χ4n) is 1.28. The van der Waals surface area contributed by atoms with Gasteiger partial charge in [0.15, 0.2) is 0 Å². The lowest BCUT2D eigenvalue weighted by Gasteiger charge is -2.26. The Morgan fingerprint density at radius 3 is 2.62 bits per heavy atom. The Hall–Kier alpha value is -0.820. The van der Waals surface area contributed by atoms with Gasteiger partial charge in [-0.15, -0.1) is 0 Å². The summed E-state index contributed by atoms with van der Waals surface area (Å²) in [7, 11) is 0. The normalized spacial score (nSPS) is 16.9. The van der Waals surface area contributed by atoms with Crippen molar-refractivity contribution in [3.8, 4) is 0 Å². The molecule has 1 aliphatic rings. The molecule has 0 aromatic carbocycles. The van der Waals surface area contributed by atoms with Crippen molar-refractivity contribution in [2.24, 2.45) is 5.92 Å². The van der Waals surface area contributed by atoms with Crippen LogP contribution in [0, 0.1) is 5.92 Å². The molecule has 4 nitrogen and oxygen atoms in total. The molecule has 1 saturated heterocycles. The first-order valence-electron chi connectivity index (χ1n) is 5.09. The zero-order valence-corrected chi connectivity index (χ0v) is 8.77. The summed E-state index contributed by atoms with van der Waals surface area (Å²) in [5, 5.41) is 5.54. The maximum absolute atomic E-state index is 11.6. The molecule has 0 radical (unpaired) electrons. The van der Waals surface area contributed by atoms with E-state index in [0.29, 0.717) is 12.3 Å². The van der Waals surface area contributed by atoms with Crippen molar-refractivity contribution in [2.75, 3.05) is 32.8 Å². The van der Waals surface area contributed by atoms with Crippen LogP contribution >= 0.6 is 0 Å². The summed E-state index contributed by atoms with van der Waals surface area (Å²) in [6, 6.07) is 0. The standard InChI is InChI=1S/C9H15F3N2O2/c10-9(11,12)6-16-2-1-14-8(15)3-7-4-13-5-7/h7,13H,1-6H2,(H,14,15). The lowest BCUT2D eigenvalue weighted by molar-refractivity contribution is -0.173. The van der Waals surface area contributed by atoms with E-state index in [2.05, 4.69) is 15.4 Å². The molecule has 1 heterocycles. The minimum Gasteiger partial charge on any atom is -0.370 e.